The maximum absolute atomic E-state index is 12.0. The lowest BCUT2D eigenvalue weighted by Gasteiger charge is -2.13. The third-order valence-corrected chi connectivity index (χ3v) is 3.92. The SMILES string of the molecule is CC(C)c1ccc(OCC2CN(c3ccccc3)C(=O)O2)cc1. The number of amides is 1. The van der Waals surface area contributed by atoms with Crippen LogP contribution in [0.2, 0.25) is 0 Å². The van der Waals surface area contributed by atoms with Crippen molar-refractivity contribution in [1.29, 1.82) is 0 Å². The van der Waals surface area contributed by atoms with Crippen LogP contribution in [0.3, 0.4) is 0 Å². The predicted molar refractivity (Wildman–Crippen MR) is 90.1 cm³/mol. The summed E-state index contributed by atoms with van der Waals surface area (Å²) in [5.74, 6) is 1.29. The Morgan fingerprint density at radius 2 is 1.83 bits per heavy atom. The van der Waals surface area contributed by atoms with E-state index in [4.69, 9.17) is 9.47 Å². The molecule has 3 rings (SSSR count). The monoisotopic (exact) mass is 311 g/mol. The number of hydrogen-bond donors (Lipinski definition) is 0. The van der Waals surface area contributed by atoms with Crippen LogP contribution in [0.5, 0.6) is 5.75 Å². The van der Waals surface area contributed by atoms with E-state index in [1.54, 1.807) is 4.90 Å². The highest BCUT2D eigenvalue weighted by Crippen LogP contribution is 2.23. The van der Waals surface area contributed by atoms with Crippen LogP contribution in [0.4, 0.5) is 10.5 Å². The number of nitrogens with zero attached hydrogens (tertiary/aromatic N) is 1. The van der Waals surface area contributed by atoms with Gasteiger partial charge < -0.3 is 9.47 Å². The van der Waals surface area contributed by atoms with Gasteiger partial charge in [0.05, 0.1) is 6.54 Å². The summed E-state index contributed by atoms with van der Waals surface area (Å²) < 4.78 is 11.1. The Hall–Kier alpha value is -2.49. The number of benzene rings is 2. The Balaban J connectivity index is 1.56. The van der Waals surface area contributed by atoms with Gasteiger partial charge in [-0.25, -0.2) is 4.79 Å². The summed E-state index contributed by atoms with van der Waals surface area (Å²) >= 11 is 0. The second-order valence-electron chi connectivity index (χ2n) is 5.99. The molecule has 120 valence electrons. The van der Waals surface area contributed by atoms with Gasteiger partial charge in [-0.1, -0.05) is 44.2 Å². The molecule has 1 fully saturated rings. The molecule has 0 spiro atoms. The van der Waals surface area contributed by atoms with Crippen LogP contribution in [0.25, 0.3) is 0 Å². The number of rotatable bonds is 5. The van der Waals surface area contributed by atoms with Crippen molar-refractivity contribution < 1.29 is 14.3 Å². The van der Waals surface area contributed by atoms with Crippen molar-refractivity contribution in [3.63, 3.8) is 0 Å². The first kappa shape index (κ1) is 15.4. The van der Waals surface area contributed by atoms with Crippen LogP contribution >= 0.6 is 0 Å². The van der Waals surface area contributed by atoms with Gasteiger partial charge in [-0.3, -0.25) is 4.90 Å². The van der Waals surface area contributed by atoms with Gasteiger partial charge in [0.25, 0.3) is 0 Å². The van der Waals surface area contributed by atoms with Gasteiger partial charge >= 0.3 is 6.09 Å². The number of ether oxygens (including phenoxy) is 2. The molecule has 4 nitrogen and oxygen atoms in total. The Bertz CT molecular complexity index is 652. The number of para-hydroxylation sites is 1. The van der Waals surface area contributed by atoms with Crippen molar-refractivity contribution in [3.05, 3.63) is 60.2 Å². The standard InChI is InChI=1S/C19H21NO3/c1-14(2)15-8-10-17(11-9-15)22-13-18-12-20(19(21)23-18)16-6-4-3-5-7-16/h3-11,14,18H,12-13H2,1-2H3. The molecular formula is C19H21NO3. The summed E-state index contributed by atoms with van der Waals surface area (Å²) in [6, 6.07) is 17.6. The van der Waals surface area contributed by atoms with Gasteiger partial charge in [-0.05, 0) is 35.7 Å². The van der Waals surface area contributed by atoms with E-state index in [0.717, 1.165) is 11.4 Å². The van der Waals surface area contributed by atoms with E-state index < -0.39 is 0 Å². The molecule has 4 heteroatoms. The van der Waals surface area contributed by atoms with Gasteiger partial charge in [0.1, 0.15) is 12.4 Å². The van der Waals surface area contributed by atoms with E-state index in [-0.39, 0.29) is 12.2 Å². The zero-order valence-electron chi connectivity index (χ0n) is 13.4. The van der Waals surface area contributed by atoms with Gasteiger partial charge in [-0.2, -0.15) is 0 Å². The summed E-state index contributed by atoms with van der Waals surface area (Å²) in [5.41, 5.74) is 2.13. The van der Waals surface area contributed by atoms with Crippen LogP contribution < -0.4 is 9.64 Å². The Labute approximate surface area is 136 Å². The largest absolute Gasteiger partial charge is 0.490 e. The van der Waals surface area contributed by atoms with E-state index in [2.05, 4.69) is 26.0 Å². The molecule has 0 aromatic heterocycles. The van der Waals surface area contributed by atoms with Crippen molar-refractivity contribution in [2.45, 2.75) is 25.9 Å². The molecule has 2 aromatic carbocycles. The quantitative estimate of drug-likeness (QED) is 0.830. The number of carbonyl (C=O) groups excluding carboxylic acids is 1. The Kier molecular flexibility index (Phi) is 4.51. The topological polar surface area (TPSA) is 38.8 Å². The fourth-order valence-corrected chi connectivity index (χ4v) is 2.57. The number of hydrogen-bond acceptors (Lipinski definition) is 3. The third kappa shape index (κ3) is 3.65. The molecule has 1 atom stereocenters. The maximum atomic E-state index is 12.0. The van der Waals surface area contributed by atoms with Gasteiger partial charge in [0, 0.05) is 5.69 Å². The summed E-state index contributed by atoms with van der Waals surface area (Å²) in [7, 11) is 0. The Morgan fingerprint density at radius 3 is 2.48 bits per heavy atom. The summed E-state index contributed by atoms with van der Waals surface area (Å²) in [6.45, 7) is 5.18. The van der Waals surface area contributed by atoms with E-state index >= 15 is 0 Å². The highest BCUT2D eigenvalue weighted by Gasteiger charge is 2.32. The summed E-state index contributed by atoms with van der Waals surface area (Å²) in [5, 5.41) is 0. The average molecular weight is 311 g/mol. The van der Waals surface area contributed by atoms with Gasteiger partial charge in [-0.15, -0.1) is 0 Å². The van der Waals surface area contributed by atoms with Crippen LogP contribution in [0.15, 0.2) is 54.6 Å². The lowest BCUT2D eigenvalue weighted by atomic mass is 10.0. The molecular weight excluding hydrogens is 290 g/mol. The lowest BCUT2D eigenvalue weighted by Crippen LogP contribution is -2.26. The number of carbonyl (C=O) groups is 1. The number of anilines is 1. The minimum atomic E-state index is -0.319. The average Bonchev–Trinajstić information content (AvgIpc) is 2.95. The van der Waals surface area contributed by atoms with Crippen LogP contribution in [-0.4, -0.2) is 25.3 Å². The smallest absolute Gasteiger partial charge is 0.414 e. The zero-order chi connectivity index (χ0) is 16.2. The van der Waals surface area contributed by atoms with Crippen LogP contribution in [-0.2, 0) is 4.74 Å². The first-order valence-electron chi connectivity index (χ1n) is 7.89. The molecule has 2 aromatic rings. The fourth-order valence-electron chi connectivity index (χ4n) is 2.57. The highest BCUT2D eigenvalue weighted by atomic mass is 16.6. The molecule has 1 heterocycles. The van der Waals surface area contributed by atoms with Crippen molar-refractivity contribution in [2.24, 2.45) is 0 Å². The van der Waals surface area contributed by atoms with Crippen molar-refractivity contribution in [3.8, 4) is 5.75 Å². The first-order valence-corrected chi connectivity index (χ1v) is 7.89. The van der Waals surface area contributed by atoms with Crippen LogP contribution in [0, 0.1) is 0 Å². The highest BCUT2D eigenvalue weighted by molar-refractivity contribution is 5.89. The maximum Gasteiger partial charge on any atom is 0.414 e. The molecule has 1 unspecified atom stereocenters. The van der Waals surface area contributed by atoms with E-state index in [9.17, 15) is 4.79 Å². The zero-order valence-corrected chi connectivity index (χ0v) is 13.4. The molecule has 23 heavy (non-hydrogen) atoms. The molecule has 0 bridgehead atoms. The second kappa shape index (κ2) is 6.73. The molecule has 1 aliphatic rings. The predicted octanol–water partition coefficient (Wildman–Crippen LogP) is 4.21. The van der Waals surface area contributed by atoms with E-state index in [1.807, 2.05) is 42.5 Å². The van der Waals surface area contributed by atoms with E-state index in [1.165, 1.54) is 5.56 Å². The lowest BCUT2D eigenvalue weighted by molar-refractivity contribution is 0.105. The molecule has 0 radical (unpaired) electrons. The summed E-state index contributed by atoms with van der Waals surface area (Å²) in [6.07, 6.45) is -0.576. The normalized spacial score (nSPS) is 17.4. The summed E-state index contributed by atoms with van der Waals surface area (Å²) in [4.78, 5) is 13.6. The first-order chi connectivity index (χ1) is 11.1. The molecule has 1 saturated heterocycles. The van der Waals surface area contributed by atoms with Crippen molar-refractivity contribution in [2.75, 3.05) is 18.1 Å². The number of cyclic esters (lactones) is 1. The molecule has 1 amide bonds. The minimum Gasteiger partial charge on any atom is -0.490 e. The fraction of sp³-hybridized carbons (Fsp3) is 0.316. The molecule has 0 N–H and O–H groups in total. The van der Waals surface area contributed by atoms with Gasteiger partial charge in [0.2, 0.25) is 0 Å². The molecule has 0 saturated carbocycles. The van der Waals surface area contributed by atoms with Crippen molar-refractivity contribution in [1.82, 2.24) is 0 Å². The Morgan fingerprint density at radius 1 is 1.13 bits per heavy atom. The third-order valence-electron chi connectivity index (χ3n) is 3.92. The van der Waals surface area contributed by atoms with Crippen molar-refractivity contribution >= 4 is 11.8 Å². The van der Waals surface area contributed by atoms with Gasteiger partial charge in [0.15, 0.2) is 6.10 Å². The molecule has 0 aliphatic carbocycles. The minimum absolute atomic E-state index is 0.257. The second-order valence-corrected chi connectivity index (χ2v) is 5.99. The molecule has 1 aliphatic heterocycles. The van der Waals surface area contributed by atoms with Crippen LogP contribution in [0.1, 0.15) is 25.3 Å². The van der Waals surface area contributed by atoms with E-state index in [0.29, 0.717) is 19.1 Å².